The van der Waals surface area contributed by atoms with Crippen LogP contribution in [0.3, 0.4) is 0 Å². The van der Waals surface area contributed by atoms with Crippen LogP contribution < -0.4 is 5.32 Å². The number of rotatable bonds is 7. The fourth-order valence-corrected chi connectivity index (χ4v) is 4.03. The number of aliphatic carboxylic acids is 1. The molecule has 10 heteroatoms. The maximum Gasteiger partial charge on any atom is 0.490 e. The number of likely N-dealkylation sites (tertiary alicyclic amines) is 1. The second-order valence-corrected chi connectivity index (χ2v) is 8.72. The van der Waals surface area contributed by atoms with Crippen molar-refractivity contribution >= 4 is 11.7 Å². The molecule has 0 amide bonds. The topological polar surface area (TPSA) is 95.7 Å². The molecule has 1 fully saturated rings. The number of carbonyl (C=O) groups is 1. The number of hydrogen-bond acceptors (Lipinski definition) is 5. The van der Waals surface area contributed by atoms with Gasteiger partial charge in [0.25, 0.3) is 5.69 Å². The lowest BCUT2D eigenvalue weighted by Gasteiger charge is -2.32. The Bertz CT molecular complexity index is 1160. The Kier molecular flexibility index (Phi) is 9.76. The first-order chi connectivity index (χ1) is 17.6. The minimum absolute atomic E-state index is 0.155. The van der Waals surface area contributed by atoms with Crippen molar-refractivity contribution in [3.63, 3.8) is 0 Å². The van der Waals surface area contributed by atoms with E-state index in [1.54, 1.807) is 12.1 Å². The third kappa shape index (κ3) is 9.00. The summed E-state index contributed by atoms with van der Waals surface area (Å²) >= 11 is 0. The van der Waals surface area contributed by atoms with E-state index in [1.165, 1.54) is 22.8 Å². The molecule has 1 heterocycles. The van der Waals surface area contributed by atoms with Crippen LogP contribution in [0.1, 0.15) is 24.0 Å². The van der Waals surface area contributed by atoms with Crippen LogP contribution in [0.25, 0.3) is 11.1 Å². The molecule has 0 aliphatic carbocycles. The van der Waals surface area contributed by atoms with Crippen molar-refractivity contribution in [3.05, 3.63) is 100 Å². The number of non-ortho nitro benzene ring substituents is 1. The van der Waals surface area contributed by atoms with E-state index >= 15 is 0 Å². The Balaban J connectivity index is 0.000000479. The average Bonchev–Trinajstić information content (AvgIpc) is 2.89. The number of carboxylic acid groups (broad SMARTS) is 1. The van der Waals surface area contributed by atoms with Gasteiger partial charge in [-0.05, 0) is 48.2 Å². The van der Waals surface area contributed by atoms with Gasteiger partial charge in [-0.25, -0.2) is 4.79 Å². The summed E-state index contributed by atoms with van der Waals surface area (Å²) in [5.41, 5.74) is 4.97. The van der Waals surface area contributed by atoms with Gasteiger partial charge < -0.3 is 10.4 Å². The fourth-order valence-electron chi connectivity index (χ4n) is 4.03. The summed E-state index contributed by atoms with van der Waals surface area (Å²) in [5, 5.41) is 21.6. The van der Waals surface area contributed by atoms with E-state index in [2.05, 4.69) is 58.7 Å². The first-order valence-electron chi connectivity index (χ1n) is 11.8. The Hall–Kier alpha value is -3.76. The molecule has 37 heavy (non-hydrogen) atoms. The molecule has 0 saturated carbocycles. The highest BCUT2D eigenvalue weighted by Crippen LogP contribution is 2.21. The number of halogens is 3. The quantitative estimate of drug-likeness (QED) is 0.312. The van der Waals surface area contributed by atoms with Crippen molar-refractivity contribution in [3.8, 4) is 11.1 Å². The highest BCUT2D eigenvalue weighted by Gasteiger charge is 2.38. The highest BCUT2D eigenvalue weighted by molar-refractivity contribution is 5.73. The monoisotopic (exact) mass is 515 g/mol. The zero-order chi connectivity index (χ0) is 26.8. The summed E-state index contributed by atoms with van der Waals surface area (Å²) in [4.78, 5) is 22.0. The normalized spacial score (nSPS) is 14.5. The Morgan fingerprint density at radius 3 is 2.11 bits per heavy atom. The van der Waals surface area contributed by atoms with E-state index in [9.17, 15) is 23.3 Å². The van der Waals surface area contributed by atoms with Crippen molar-refractivity contribution in [1.29, 1.82) is 0 Å². The molecule has 0 unspecified atom stereocenters. The summed E-state index contributed by atoms with van der Waals surface area (Å²) in [5.74, 6) is -2.76. The van der Waals surface area contributed by atoms with Crippen LogP contribution in [-0.4, -0.2) is 46.2 Å². The second-order valence-electron chi connectivity index (χ2n) is 8.72. The molecule has 0 aromatic heterocycles. The maximum atomic E-state index is 10.9. The lowest BCUT2D eigenvalue weighted by molar-refractivity contribution is -0.384. The van der Waals surface area contributed by atoms with Gasteiger partial charge in [-0.15, -0.1) is 0 Å². The zero-order valence-corrected chi connectivity index (χ0v) is 20.0. The summed E-state index contributed by atoms with van der Waals surface area (Å²) in [6.07, 6.45) is -2.89. The summed E-state index contributed by atoms with van der Waals surface area (Å²) in [6.45, 7) is 3.78. The first kappa shape index (κ1) is 27.8. The Morgan fingerprint density at radius 2 is 1.54 bits per heavy atom. The third-order valence-electron chi connectivity index (χ3n) is 6.01. The minimum Gasteiger partial charge on any atom is -0.475 e. The molecule has 3 aromatic carbocycles. The smallest absolute Gasteiger partial charge is 0.475 e. The van der Waals surface area contributed by atoms with Gasteiger partial charge in [-0.2, -0.15) is 13.2 Å². The van der Waals surface area contributed by atoms with E-state index in [-0.39, 0.29) is 10.6 Å². The summed E-state index contributed by atoms with van der Waals surface area (Å²) < 4.78 is 31.7. The predicted molar refractivity (Wildman–Crippen MR) is 134 cm³/mol. The largest absolute Gasteiger partial charge is 0.490 e. The number of carboxylic acids is 1. The van der Waals surface area contributed by atoms with E-state index in [0.717, 1.165) is 38.0 Å². The van der Waals surface area contributed by atoms with E-state index in [0.29, 0.717) is 12.6 Å². The molecule has 7 nitrogen and oxygen atoms in total. The van der Waals surface area contributed by atoms with Gasteiger partial charge in [0.05, 0.1) is 4.92 Å². The standard InChI is InChI=1S/C25H27N3O2.C2HF3O2/c29-28(30)25-8-4-5-21(17-25)18-26-24-13-15-27(16-14-24)19-20-9-11-23(12-10-20)22-6-2-1-3-7-22;3-2(4,5)1(6)7/h1-12,17,24,26H,13-16,18-19H2;(H,6,7). The zero-order valence-electron chi connectivity index (χ0n) is 20.0. The number of piperidine rings is 1. The molecule has 196 valence electrons. The van der Waals surface area contributed by atoms with Crippen LogP contribution in [0.5, 0.6) is 0 Å². The second kappa shape index (κ2) is 13.0. The van der Waals surface area contributed by atoms with Gasteiger partial charge in [-0.1, -0.05) is 66.7 Å². The first-order valence-corrected chi connectivity index (χ1v) is 11.8. The van der Waals surface area contributed by atoms with Crippen LogP contribution in [0.2, 0.25) is 0 Å². The van der Waals surface area contributed by atoms with Gasteiger partial charge in [0.2, 0.25) is 0 Å². The number of hydrogen-bond donors (Lipinski definition) is 2. The van der Waals surface area contributed by atoms with Crippen molar-refractivity contribution in [2.45, 2.75) is 38.1 Å². The average molecular weight is 516 g/mol. The number of nitro groups is 1. The SMILES string of the molecule is O=C(O)C(F)(F)F.O=[N+]([O-])c1cccc(CNC2CCN(Cc3ccc(-c4ccccc4)cc3)CC2)c1. The molecule has 0 spiro atoms. The molecule has 1 aliphatic heterocycles. The molecule has 1 saturated heterocycles. The van der Waals surface area contributed by atoms with Crippen molar-refractivity contribution in [2.24, 2.45) is 0 Å². The summed E-state index contributed by atoms with van der Waals surface area (Å²) in [6, 6.07) is 26.7. The van der Waals surface area contributed by atoms with Crippen LogP contribution in [0.4, 0.5) is 18.9 Å². The molecule has 0 atom stereocenters. The predicted octanol–water partition coefficient (Wildman–Crippen LogP) is 5.65. The molecule has 2 N–H and O–H groups in total. The molecule has 0 radical (unpaired) electrons. The fraction of sp³-hybridized carbons (Fsp3) is 0.296. The third-order valence-corrected chi connectivity index (χ3v) is 6.01. The van der Waals surface area contributed by atoms with Crippen molar-refractivity contribution < 1.29 is 28.0 Å². The number of alkyl halides is 3. The van der Waals surface area contributed by atoms with Gasteiger partial charge in [0.15, 0.2) is 0 Å². The van der Waals surface area contributed by atoms with Crippen LogP contribution in [-0.2, 0) is 17.9 Å². The van der Waals surface area contributed by atoms with Gasteiger partial charge in [-0.3, -0.25) is 15.0 Å². The molecular weight excluding hydrogens is 487 g/mol. The minimum atomic E-state index is -5.08. The lowest BCUT2D eigenvalue weighted by atomic mass is 10.0. The van der Waals surface area contributed by atoms with E-state index in [1.807, 2.05) is 12.1 Å². The number of nitro benzene ring substituents is 1. The van der Waals surface area contributed by atoms with E-state index in [4.69, 9.17) is 9.90 Å². The van der Waals surface area contributed by atoms with Gasteiger partial charge >= 0.3 is 12.1 Å². The summed E-state index contributed by atoms with van der Waals surface area (Å²) in [7, 11) is 0. The van der Waals surface area contributed by atoms with Gasteiger partial charge in [0.1, 0.15) is 0 Å². The molecule has 1 aliphatic rings. The van der Waals surface area contributed by atoms with Crippen LogP contribution >= 0.6 is 0 Å². The highest BCUT2D eigenvalue weighted by atomic mass is 19.4. The van der Waals surface area contributed by atoms with Gasteiger partial charge in [0, 0.05) is 31.3 Å². The molecular formula is C27H28F3N3O4. The maximum absolute atomic E-state index is 10.9. The van der Waals surface area contributed by atoms with Crippen molar-refractivity contribution in [2.75, 3.05) is 13.1 Å². The van der Waals surface area contributed by atoms with Crippen LogP contribution in [0.15, 0.2) is 78.9 Å². The molecule has 3 aromatic rings. The van der Waals surface area contributed by atoms with E-state index < -0.39 is 12.1 Å². The lowest BCUT2D eigenvalue weighted by Crippen LogP contribution is -2.41. The molecule has 0 bridgehead atoms. The Labute approximate surface area is 212 Å². The number of benzene rings is 3. The van der Waals surface area contributed by atoms with Crippen LogP contribution in [0, 0.1) is 10.1 Å². The number of nitrogens with zero attached hydrogens (tertiary/aromatic N) is 2. The molecule has 4 rings (SSSR count). The number of nitrogens with one attached hydrogen (secondary N) is 1. The van der Waals surface area contributed by atoms with Crippen molar-refractivity contribution in [1.82, 2.24) is 10.2 Å². The Morgan fingerprint density at radius 1 is 0.946 bits per heavy atom.